The molecule has 2 aromatic heterocycles. The first-order chi connectivity index (χ1) is 14.1. The third-order valence-corrected chi connectivity index (χ3v) is 6.35. The molecular weight excluding hydrogens is 368 g/mol. The van der Waals surface area contributed by atoms with Gasteiger partial charge in [-0.2, -0.15) is 0 Å². The summed E-state index contributed by atoms with van der Waals surface area (Å²) >= 11 is 0. The normalized spacial score (nSPS) is 23.4. The van der Waals surface area contributed by atoms with Crippen LogP contribution in [0.15, 0.2) is 35.1 Å². The number of ether oxygens (including phenoxy) is 1. The zero-order valence-corrected chi connectivity index (χ0v) is 16.9. The van der Waals surface area contributed by atoms with E-state index in [4.69, 9.17) is 9.26 Å². The standard InChI is InChI=1S/C22H28N4O3/c1-25(11-16-3-2-8-23-10-16)12-17-6-7-22(28-13-17)14-26(15-22)21(27)19-9-20(29-24-19)18-4-5-18/h2-3,8-10,17-18H,4-7,11-15H2,1H3/t17-/m0/s1. The summed E-state index contributed by atoms with van der Waals surface area (Å²) in [7, 11) is 2.15. The molecule has 0 bridgehead atoms. The number of rotatable bonds is 6. The fourth-order valence-corrected chi connectivity index (χ4v) is 4.52. The number of aromatic nitrogens is 2. The van der Waals surface area contributed by atoms with Crippen molar-refractivity contribution in [2.24, 2.45) is 5.92 Å². The number of carbonyl (C=O) groups is 1. The van der Waals surface area contributed by atoms with Gasteiger partial charge in [0, 0.05) is 37.5 Å². The molecule has 1 saturated carbocycles. The average Bonchev–Trinajstić information content (AvgIpc) is 3.44. The lowest BCUT2D eigenvalue weighted by molar-refractivity contribution is -0.168. The van der Waals surface area contributed by atoms with Gasteiger partial charge in [0.1, 0.15) is 11.4 Å². The Kier molecular flexibility index (Phi) is 4.87. The smallest absolute Gasteiger partial charge is 0.276 e. The van der Waals surface area contributed by atoms with Crippen molar-refractivity contribution in [3.8, 4) is 0 Å². The summed E-state index contributed by atoms with van der Waals surface area (Å²) < 4.78 is 11.6. The molecule has 1 aliphatic carbocycles. The molecule has 29 heavy (non-hydrogen) atoms. The maximum Gasteiger partial charge on any atom is 0.276 e. The SMILES string of the molecule is CN(Cc1cccnc1)C[C@@H]1CCC2(CN(C(=O)c3cc(C4CC4)on3)C2)OC1. The Morgan fingerprint density at radius 1 is 1.34 bits per heavy atom. The van der Waals surface area contributed by atoms with Crippen molar-refractivity contribution in [1.82, 2.24) is 19.9 Å². The quantitative estimate of drug-likeness (QED) is 0.748. The minimum atomic E-state index is -0.156. The molecule has 7 heteroatoms. The van der Waals surface area contributed by atoms with Gasteiger partial charge in [0.2, 0.25) is 0 Å². The maximum absolute atomic E-state index is 12.6. The van der Waals surface area contributed by atoms with Gasteiger partial charge in [-0.05, 0) is 50.3 Å². The van der Waals surface area contributed by atoms with Crippen LogP contribution in [-0.4, -0.2) is 64.7 Å². The van der Waals surface area contributed by atoms with Gasteiger partial charge in [-0.1, -0.05) is 11.2 Å². The van der Waals surface area contributed by atoms with Gasteiger partial charge < -0.3 is 19.1 Å². The fourth-order valence-electron chi connectivity index (χ4n) is 4.52. The van der Waals surface area contributed by atoms with Crippen LogP contribution in [-0.2, 0) is 11.3 Å². The molecule has 4 heterocycles. The Bertz CT molecular complexity index is 848. The summed E-state index contributed by atoms with van der Waals surface area (Å²) in [6.45, 7) is 4.00. The molecule has 3 fully saturated rings. The second-order valence-electron chi connectivity index (χ2n) is 9.01. The van der Waals surface area contributed by atoms with Crippen molar-refractivity contribution in [2.75, 3.05) is 33.3 Å². The van der Waals surface area contributed by atoms with Gasteiger partial charge in [0.25, 0.3) is 5.91 Å². The highest BCUT2D eigenvalue weighted by molar-refractivity contribution is 5.93. The molecule has 0 aromatic carbocycles. The topological polar surface area (TPSA) is 71.7 Å². The molecule has 2 aromatic rings. The number of pyridine rings is 1. The van der Waals surface area contributed by atoms with Crippen LogP contribution >= 0.6 is 0 Å². The van der Waals surface area contributed by atoms with Crippen LogP contribution in [0, 0.1) is 5.92 Å². The predicted molar refractivity (Wildman–Crippen MR) is 106 cm³/mol. The Hall–Kier alpha value is -2.25. The number of carbonyl (C=O) groups excluding carboxylic acids is 1. The van der Waals surface area contributed by atoms with E-state index in [1.807, 2.05) is 23.2 Å². The highest BCUT2D eigenvalue weighted by atomic mass is 16.5. The van der Waals surface area contributed by atoms with Crippen LogP contribution in [0.4, 0.5) is 0 Å². The molecule has 0 N–H and O–H groups in total. The highest BCUT2D eigenvalue weighted by Gasteiger charge is 2.49. The van der Waals surface area contributed by atoms with Crippen LogP contribution in [0.2, 0.25) is 0 Å². The number of amides is 1. The number of nitrogens with zero attached hydrogens (tertiary/aromatic N) is 4. The van der Waals surface area contributed by atoms with E-state index in [2.05, 4.69) is 28.2 Å². The van der Waals surface area contributed by atoms with Gasteiger partial charge in [-0.25, -0.2) is 0 Å². The van der Waals surface area contributed by atoms with E-state index < -0.39 is 0 Å². The summed E-state index contributed by atoms with van der Waals surface area (Å²) in [6, 6.07) is 5.91. The van der Waals surface area contributed by atoms with Crippen LogP contribution in [0.5, 0.6) is 0 Å². The van der Waals surface area contributed by atoms with E-state index in [1.54, 1.807) is 6.20 Å². The average molecular weight is 396 g/mol. The molecule has 1 atom stereocenters. The highest BCUT2D eigenvalue weighted by Crippen LogP contribution is 2.41. The van der Waals surface area contributed by atoms with Gasteiger partial charge in [0.05, 0.1) is 19.7 Å². The van der Waals surface area contributed by atoms with Crippen LogP contribution in [0.25, 0.3) is 0 Å². The first kappa shape index (κ1) is 18.8. The van der Waals surface area contributed by atoms with E-state index in [-0.39, 0.29) is 11.5 Å². The first-order valence-electron chi connectivity index (χ1n) is 10.6. The third-order valence-electron chi connectivity index (χ3n) is 6.35. The third kappa shape index (κ3) is 4.07. The maximum atomic E-state index is 12.6. The minimum Gasteiger partial charge on any atom is -0.371 e. The molecule has 2 saturated heterocycles. The van der Waals surface area contributed by atoms with Gasteiger partial charge >= 0.3 is 0 Å². The lowest BCUT2D eigenvalue weighted by atomic mass is 9.82. The summed E-state index contributed by atoms with van der Waals surface area (Å²) in [6.07, 6.45) is 8.15. The summed E-state index contributed by atoms with van der Waals surface area (Å²) in [5.74, 6) is 1.83. The van der Waals surface area contributed by atoms with Gasteiger partial charge in [-0.3, -0.25) is 9.78 Å². The molecule has 154 valence electrons. The molecule has 2 aliphatic heterocycles. The minimum absolute atomic E-state index is 0.0341. The summed E-state index contributed by atoms with van der Waals surface area (Å²) in [5.41, 5.74) is 1.51. The van der Waals surface area contributed by atoms with E-state index in [0.717, 1.165) is 51.1 Å². The van der Waals surface area contributed by atoms with E-state index >= 15 is 0 Å². The number of likely N-dealkylation sites (tertiary alicyclic amines) is 1. The molecule has 3 aliphatic rings. The van der Waals surface area contributed by atoms with E-state index in [0.29, 0.717) is 30.6 Å². The predicted octanol–water partition coefficient (Wildman–Crippen LogP) is 2.70. The molecule has 5 rings (SSSR count). The number of hydrogen-bond donors (Lipinski definition) is 0. The summed E-state index contributed by atoms with van der Waals surface area (Å²) in [5, 5.41) is 3.98. The molecule has 1 spiro atoms. The largest absolute Gasteiger partial charge is 0.371 e. The van der Waals surface area contributed by atoms with Crippen LogP contribution in [0.1, 0.15) is 53.4 Å². The van der Waals surface area contributed by atoms with Crippen molar-refractivity contribution in [3.63, 3.8) is 0 Å². The van der Waals surface area contributed by atoms with E-state index in [1.165, 1.54) is 5.56 Å². The van der Waals surface area contributed by atoms with Crippen LogP contribution < -0.4 is 0 Å². The zero-order chi connectivity index (χ0) is 19.8. The monoisotopic (exact) mass is 396 g/mol. The molecule has 7 nitrogen and oxygen atoms in total. The second-order valence-corrected chi connectivity index (χ2v) is 9.01. The first-order valence-corrected chi connectivity index (χ1v) is 10.6. The molecule has 0 unspecified atom stereocenters. The lowest BCUT2D eigenvalue weighted by Gasteiger charge is -2.52. The number of hydrogen-bond acceptors (Lipinski definition) is 6. The van der Waals surface area contributed by atoms with Crippen molar-refractivity contribution in [3.05, 3.63) is 47.6 Å². The molecule has 0 radical (unpaired) electrons. The summed E-state index contributed by atoms with van der Waals surface area (Å²) in [4.78, 5) is 21.0. The Labute approximate surface area is 171 Å². The second kappa shape index (κ2) is 7.54. The Morgan fingerprint density at radius 2 is 2.21 bits per heavy atom. The molecular formula is C22H28N4O3. The Morgan fingerprint density at radius 3 is 2.90 bits per heavy atom. The fraction of sp³-hybridized carbons (Fsp3) is 0.591. The van der Waals surface area contributed by atoms with Crippen molar-refractivity contribution >= 4 is 5.91 Å². The zero-order valence-electron chi connectivity index (χ0n) is 16.9. The van der Waals surface area contributed by atoms with Crippen molar-refractivity contribution in [1.29, 1.82) is 0 Å². The molecule has 1 amide bonds. The van der Waals surface area contributed by atoms with Gasteiger partial charge in [-0.15, -0.1) is 0 Å². The lowest BCUT2D eigenvalue weighted by Crippen LogP contribution is -2.66. The van der Waals surface area contributed by atoms with Crippen molar-refractivity contribution < 1.29 is 14.1 Å². The van der Waals surface area contributed by atoms with Gasteiger partial charge in [0.15, 0.2) is 5.69 Å². The van der Waals surface area contributed by atoms with Crippen molar-refractivity contribution in [2.45, 2.75) is 43.7 Å². The Balaban J connectivity index is 1.07. The van der Waals surface area contributed by atoms with Crippen LogP contribution in [0.3, 0.4) is 0 Å². The van der Waals surface area contributed by atoms with E-state index in [9.17, 15) is 4.79 Å².